The summed E-state index contributed by atoms with van der Waals surface area (Å²) in [6.07, 6.45) is 16.6. The molecule has 0 N–H and O–H groups in total. The first-order chi connectivity index (χ1) is 6.31. The predicted molar refractivity (Wildman–Crippen MR) is 53.3 cm³/mol. The standard InChI is InChI=1S/C12H14O/c13-11-5-9-12(10-6-11)7-3-1-2-4-8-12/h1-2,5-6,9-10H,3-4,7-8H2. The molecule has 0 aliphatic heterocycles. The lowest BCUT2D eigenvalue weighted by Crippen LogP contribution is -2.17. The number of carbonyl (C=O) groups excluding carboxylic acids is 1. The number of ketones is 1. The first kappa shape index (κ1) is 8.49. The van der Waals surface area contributed by atoms with E-state index in [-0.39, 0.29) is 11.2 Å². The van der Waals surface area contributed by atoms with E-state index in [2.05, 4.69) is 24.3 Å². The van der Waals surface area contributed by atoms with Gasteiger partial charge in [-0.25, -0.2) is 0 Å². The predicted octanol–water partition coefficient (Wildman–Crippen LogP) is 2.80. The average molecular weight is 174 g/mol. The van der Waals surface area contributed by atoms with Gasteiger partial charge >= 0.3 is 0 Å². The summed E-state index contributed by atoms with van der Waals surface area (Å²) < 4.78 is 0. The molecule has 0 aromatic rings. The first-order valence-electron chi connectivity index (χ1n) is 4.88. The zero-order chi connectivity index (χ0) is 9.15. The van der Waals surface area contributed by atoms with Crippen LogP contribution in [0, 0.1) is 5.41 Å². The van der Waals surface area contributed by atoms with Crippen molar-refractivity contribution in [2.75, 3.05) is 0 Å². The maximum atomic E-state index is 11.0. The van der Waals surface area contributed by atoms with Gasteiger partial charge in [-0.15, -0.1) is 0 Å². The summed E-state index contributed by atoms with van der Waals surface area (Å²) in [5, 5.41) is 0. The van der Waals surface area contributed by atoms with E-state index in [0.717, 1.165) is 25.7 Å². The molecular weight excluding hydrogens is 160 g/mol. The Morgan fingerprint density at radius 2 is 1.54 bits per heavy atom. The van der Waals surface area contributed by atoms with E-state index in [1.165, 1.54) is 0 Å². The number of hydrogen-bond acceptors (Lipinski definition) is 1. The van der Waals surface area contributed by atoms with Crippen LogP contribution >= 0.6 is 0 Å². The SMILES string of the molecule is O=C1C=CC2(C=C1)CCC=CCC2. The molecule has 2 rings (SSSR count). The highest BCUT2D eigenvalue weighted by molar-refractivity contribution is 6.00. The number of allylic oxidation sites excluding steroid dienone is 6. The van der Waals surface area contributed by atoms with Crippen molar-refractivity contribution in [3.63, 3.8) is 0 Å². The van der Waals surface area contributed by atoms with Crippen LogP contribution in [0.2, 0.25) is 0 Å². The molecule has 1 heteroatoms. The molecule has 2 aliphatic rings. The third-order valence-electron chi connectivity index (χ3n) is 2.88. The Balaban J connectivity index is 2.17. The van der Waals surface area contributed by atoms with Crippen LogP contribution in [0.5, 0.6) is 0 Å². The molecule has 0 aromatic carbocycles. The highest BCUT2D eigenvalue weighted by Crippen LogP contribution is 2.37. The molecule has 0 aromatic heterocycles. The Morgan fingerprint density at radius 3 is 2.08 bits per heavy atom. The van der Waals surface area contributed by atoms with Crippen LogP contribution in [0.1, 0.15) is 25.7 Å². The van der Waals surface area contributed by atoms with E-state index in [4.69, 9.17) is 0 Å². The van der Waals surface area contributed by atoms with Crippen LogP contribution in [0.3, 0.4) is 0 Å². The van der Waals surface area contributed by atoms with Gasteiger partial charge in [-0.05, 0) is 37.8 Å². The zero-order valence-corrected chi connectivity index (χ0v) is 7.70. The second-order valence-electron chi connectivity index (χ2n) is 3.85. The summed E-state index contributed by atoms with van der Waals surface area (Å²) in [5.41, 5.74) is 0.178. The fraction of sp³-hybridized carbons (Fsp3) is 0.417. The molecule has 0 saturated carbocycles. The van der Waals surface area contributed by atoms with E-state index in [1.807, 2.05) is 0 Å². The fourth-order valence-corrected chi connectivity index (χ4v) is 2.01. The van der Waals surface area contributed by atoms with Crippen molar-refractivity contribution in [1.82, 2.24) is 0 Å². The number of rotatable bonds is 0. The molecular formula is C12H14O. The lowest BCUT2D eigenvalue weighted by molar-refractivity contribution is -0.110. The van der Waals surface area contributed by atoms with Crippen molar-refractivity contribution >= 4 is 5.78 Å². The molecule has 0 atom stereocenters. The van der Waals surface area contributed by atoms with Gasteiger partial charge in [0.25, 0.3) is 0 Å². The molecule has 13 heavy (non-hydrogen) atoms. The Morgan fingerprint density at radius 1 is 1.00 bits per heavy atom. The molecule has 0 saturated heterocycles. The molecule has 68 valence electrons. The van der Waals surface area contributed by atoms with Crippen molar-refractivity contribution in [1.29, 1.82) is 0 Å². The normalized spacial score (nSPS) is 25.1. The maximum Gasteiger partial charge on any atom is 0.178 e. The molecule has 0 bridgehead atoms. The minimum absolute atomic E-state index is 0.128. The van der Waals surface area contributed by atoms with Gasteiger partial charge in [0.05, 0.1) is 0 Å². The quantitative estimate of drug-likeness (QED) is 0.516. The molecule has 0 radical (unpaired) electrons. The van der Waals surface area contributed by atoms with Crippen LogP contribution in [0.15, 0.2) is 36.5 Å². The minimum Gasteiger partial charge on any atom is -0.290 e. The van der Waals surface area contributed by atoms with Crippen molar-refractivity contribution < 1.29 is 4.79 Å². The van der Waals surface area contributed by atoms with Gasteiger partial charge < -0.3 is 0 Å². The zero-order valence-electron chi connectivity index (χ0n) is 7.70. The van der Waals surface area contributed by atoms with Gasteiger partial charge in [0, 0.05) is 5.41 Å². The third-order valence-corrected chi connectivity index (χ3v) is 2.88. The van der Waals surface area contributed by atoms with E-state index >= 15 is 0 Å². The van der Waals surface area contributed by atoms with Crippen LogP contribution in [0.25, 0.3) is 0 Å². The summed E-state index contributed by atoms with van der Waals surface area (Å²) in [4.78, 5) is 11.0. The number of hydrogen-bond donors (Lipinski definition) is 0. The van der Waals surface area contributed by atoms with E-state index in [0.29, 0.717) is 0 Å². The number of carbonyl (C=O) groups is 1. The topological polar surface area (TPSA) is 17.1 Å². The summed E-state index contributed by atoms with van der Waals surface area (Å²) in [6.45, 7) is 0. The fourth-order valence-electron chi connectivity index (χ4n) is 2.01. The average Bonchev–Trinajstić information content (AvgIpc) is 2.37. The molecule has 2 aliphatic carbocycles. The van der Waals surface area contributed by atoms with Gasteiger partial charge in [-0.2, -0.15) is 0 Å². The molecule has 0 unspecified atom stereocenters. The van der Waals surface area contributed by atoms with E-state index < -0.39 is 0 Å². The summed E-state index contributed by atoms with van der Waals surface area (Å²) >= 11 is 0. The third kappa shape index (κ3) is 1.80. The van der Waals surface area contributed by atoms with Crippen LogP contribution in [-0.4, -0.2) is 5.78 Å². The Bertz CT molecular complexity index is 266. The smallest absolute Gasteiger partial charge is 0.178 e. The molecule has 0 amide bonds. The van der Waals surface area contributed by atoms with Crippen LogP contribution < -0.4 is 0 Å². The molecule has 0 heterocycles. The minimum atomic E-state index is 0.128. The van der Waals surface area contributed by atoms with Gasteiger partial charge in [0.15, 0.2) is 5.78 Å². The second kappa shape index (κ2) is 3.33. The molecule has 1 spiro atoms. The largest absolute Gasteiger partial charge is 0.290 e. The van der Waals surface area contributed by atoms with Crippen molar-refractivity contribution in [2.24, 2.45) is 5.41 Å². The Labute approximate surface area is 78.8 Å². The van der Waals surface area contributed by atoms with E-state index in [1.54, 1.807) is 12.2 Å². The Kier molecular flexibility index (Phi) is 2.17. The van der Waals surface area contributed by atoms with Gasteiger partial charge in [0.1, 0.15) is 0 Å². The Hall–Kier alpha value is -1.11. The highest BCUT2D eigenvalue weighted by atomic mass is 16.1. The van der Waals surface area contributed by atoms with Crippen molar-refractivity contribution in [3.8, 4) is 0 Å². The van der Waals surface area contributed by atoms with E-state index in [9.17, 15) is 4.79 Å². The summed E-state index contributed by atoms with van der Waals surface area (Å²) in [6, 6.07) is 0. The van der Waals surface area contributed by atoms with Gasteiger partial charge in [-0.1, -0.05) is 24.3 Å². The maximum absolute atomic E-state index is 11.0. The summed E-state index contributed by atoms with van der Waals surface area (Å²) in [5.74, 6) is 0.128. The van der Waals surface area contributed by atoms with Crippen LogP contribution in [0.4, 0.5) is 0 Å². The lowest BCUT2D eigenvalue weighted by Gasteiger charge is -2.27. The second-order valence-corrected chi connectivity index (χ2v) is 3.85. The van der Waals surface area contributed by atoms with Gasteiger partial charge in [0.2, 0.25) is 0 Å². The molecule has 1 nitrogen and oxygen atoms in total. The van der Waals surface area contributed by atoms with Crippen molar-refractivity contribution in [3.05, 3.63) is 36.5 Å². The highest BCUT2D eigenvalue weighted by Gasteiger charge is 2.25. The lowest BCUT2D eigenvalue weighted by atomic mass is 9.77. The summed E-state index contributed by atoms with van der Waals surface area (Å²) in [7, 11) is 0. The first-order valence-corrected chi connectivity index (χ1v) is 4.88. The van der Waals surface area contributed by atoms with Crippen molar-refractivity contribution in [2.45, 2.75) is 25.7 Å². The van der Waals surface area contributed by atoms with Crippen LogP contribution in [-0.2, 0) is 4.79 Å². The molecule has 0 fully saturated rings. The monoisotopic (exact) mass is 174 g/mol. The van der Waals surface area contributed by atoms with Gasteiger partial charge in [-0.3, -0.25) is 4.79 Å².